The van der Waals surface area contributed by atoms with Gasteiger partial charge in [0, 0.05) is 25.0 Å². The first-order valence-corrected chi connectivity index (χ1v) is 7.53. The van der Waals surface area contributed by atoms with Crippen LogP contribution >= 0.6 is 0 Å². The number of hydrogen-bond acceptors (Lipinski definition) is 5. The summed E-state index contributed by atoms with van der Waals surface area (Å²) in [5.74, 6) is 0.807. The SMILES string of the molecule is CC(NC1=NCCN(C(=O)OC(C)(C)C)C1)c1ccncc1. The van der Waals surface area contributed by atoms with E-state index in [-0.39, 0.29) is 12.1 Å². The first kappa shape index (κ1) is 16.3. The molecule has 1 aliphatic rings. The molecule has 0 fully saturated rings. The number of amides is 1. The Morgan fingerprint density at radius 2 is 2.05 bits per heavy atom. The van der Waals surface area contributed by atoms with Crippen LogP contribution in [0.4, 0.5) is 4.79 Å². The van der Waals surface area contributed by atoms with Crippen LogP contribution < -0.4 is 5.32 Å². The number of rotatable bonds is 2. The minimum Gasteiger partial charge on any atom is -0.444 e. The summed E-state index contributed by atoms with van der Waals surface area (Å²) in [7, 11) is 0. The highest BCUT2D eigenvalue weighted by Crippen LogP contribution is 2.13. The molecule has 0 saturated heterocycles. The van der Waals surface area contributed by atoms with E-state index < -0.39 is 5.60 Å². The maximum Gasteiger partial charge on any atom is 0.410 e. The summed E-state index contributed by atoms with van der Waals surface area (Å²) in [6.07, 6.45) is 3.24. The molecule has 0 spiro atoms. The fourth-order valence-electron chi connectivity index (χ4n) is 2.17. The number of carbonyl (C=O) groups is 1. The predicted octanol–water partition coefficient (Wildman–Crippen LogP) is 2.38. The van der Waals surface area contributed by atoms with E-state index in [1.54, 1.807) is 17.3 Å². The van der Waals surface area contributed by atoms with Crippen LogP contribution in [0.25, 0.3) is 0 Å². The van der Waals surface area contributed by atoms with E-state index in [1.807, 2.05) is 32.9 Å². The summed E-state index contributed by atoms with van der Waals surface area (Å²) in [4.78, 5) is 22.3. The third-order valence-electron chi connectivity index (χ3n) is 3.25. The number of pyridine rings is 1. The minimum absolute atomic E-state index is 0.111. The maximum absolute atomic E-state index is 12.1. The molecule has 1 unspecified atom stereocenters. The number of carbonyl (C=O) groups excluding carboxylic acids is 1. The Hall–Kier alpha value is -2.11. The van der Waals surface area contributed by atoms with E-state index in [2.05, 4.69) is 22.2 Å². The van der Waals surface area contributed by atoms with Crippen LogP contribution in [-0.4, -0.2) is 47.0 Å². The van der Waals surface area contributed by atoms with Crippen molar-refractivity contribution in [1.82, 2.24) is 15.2 Å². The van der Waals surface area contributed by atoms with Gasteiger partial charge in [-0.1, -0.05) is 0 Å². The molecular weight excluding hydrogens is 280 g/mol. The van der Waals surface area contributed by atoms with Crippen LogP contribution in [0.2, 0.25) is 0 Å². The fourth-order valence-corrected chi connectivity index (χ4v) is 2.17. The fraction of sp³-hybridized carbons (Fsp3) is 0.562. The summed E-state index contributed by atoms with van der Waals surface area (Å²) in [6.45, 7) is 9.29. The van der Waals surface area contributed by atoms with Crippen molar-refractivity contribution >= 4 is 11.9 Å². The maximum atomic E-state index is 12.1. The summed E-state index contributed by atoms with van der Waals surface area (Å²) >= 11 is 0. The molecule has 1 aliphatic heterocycles. The predicted molar refractivity (Wildman–Crippen MR) is 85.9 cm³/mol. The van der Waals surface area contributed by atoms with Gasteiger partial charge in [0.1, 0.15) is 11.4 Å². The van der Waals surface area contributed by atoms with Crippen molar-refractivity contribution in [2.75, 3.05) is 19.6 Å². The highest BCUT2D eigenvalue weighted by molar-refractivity contribution is 5.88. The molecule has 22 heavy (non-hydrogen) atoms. The Balaban J connectivity index is 1.93. The molecule has 0 bridgehead atoms. The zero-order chi connectivity index (χ0) is 16.2. The standard InChI is InChI=1S/C16H24N4O2/c1-12(13-5-7-17-8-6-13)19-14-11-20(10-9-18-14)15(21)22-16(2,3)4/h5-8,12H,9-11H2,1-4H3,(H,18,19). The molecule has 2 heterocycles. The molecule has 1 aromatic heterocycles. The van der Waals surface area contributed by atoms with Crippen LogP contribution in [0.1, 0.15) is 39.3 Å². The molecule has 6 nitrogen and oxygen atoms in total. The summed E-state index contributed by atoms with van der Waals surface area (Å²) in [5.41, 5.74) is 0.649. The number of nitrogens with one attached hydrogen (secondary N) is 1. The van der Waals surface area contributed by atoms with Crippen molar-refractivity contribution in [2.24, 2.45) is 4.99 Å². The molecular formula is C16H24N4O2. The molecule has 0 aliphatic carbocycles. The minimum atomic E-state index is -0.483. The molecule has 2 rings (SSSR count). The number of ether oxygens (including phenoxy) is 1. The van der Waals surface area contributed by atoms with E-state index in [9.17, 15) is 4.79 Å². The molecule has 6 heteroatoms. The lowest BCUT2D eigenvalue weighted by Crippen LogP contribution is -2.47. The lowest BCUT2D eigenvalue weighted by Gasteiger charge is -2.30. The van der Waals surface area contributed by atoms with Gasteiger partial charge in [0.15, 0.2) is 0 Å². The summed E-state index contributed by atoms with van der Waals surface area (Å²) < 4.78 is 5.41. The monoisotopic (exact) mass is 304 g/mol. The summed E-state index contributed by atoms with van der Waals surface area (Å²) in [6, 6.07) is 4.04. The summed E-state index contributed by atoms with van der Waals surface area (Å²) in [5, 5.41) is 3.36. The van der Waals surface area contributed by atoms with Gasteiger partial charge in [-0.05, 0) is 45.4 Å². The van der Waals surface area contributed by atoms with E-state index >= 15 is 0 Å². The first-order valence-electron chi connectivity index (χ1n) is 7.53. The van der Waals surface area contributed by atoms with E-state index in [1.165, 1.54) is 0 Å². The van der Waals surface area contributed by atoms with Crippen molar-refractivity contribution in [1.29, 1.82) is 0 Å². The zero-order valence-corrected chi connectivity index (χ0v) is 13.7. The quantitative estimate of drug-likeness (QED) is 0.911. The Labute approximate surface area is 131 Å². The molecule has 120 valence electrons. The van der Waals surface area contributed by atoms with Crippen LogP contribution in [0, 0.1) is 0 Å². The highest BCUT2D eigenvalue weighted by atomic mass is 16.6. The van der Waals surface area contributed by atoms with Crippen molar-refractivity contribution in [2.45, 2.75) is 39.3 Å². The van der Waals surface area contributed by atoms with Crippen molar-refractivity contribution < 1.29 is 9.53 Å². The lowest BCUT2D eigenvalue weighted by molar-refractivity contribution is 0.0276. The smallest absolute Gasteiger partial charge is 0.410 e. The largest absolute Gasteiger partial charge is 0.444 e. The number of hydrogen-bond donors (Lipinski definition) is 1. The van der Waals surface area contributed by atoms with Crippen LogP contribution in [0.15, 0.2) is 29.5 Å². The zero-order valence-electron chi connectivity index (χ0n) is 13.7. The first-order chi connectivity index (χ1) is 10.3. The Morgan fingerprint density at radius 1 is 1.36 bits per heavy atom. The molecule has 0 saturated carbocycles. The Bertz CT molecular complexity index is 537. The number of amidine groups is 1. The van der Waals surface area contributed by atoms with Gasteiger partial charge in [-0.2, -0.15) is 0 Å². The second-order valence-corrected chi connectivity index (χ2v) is 6.38. The number of aromatic nitrogens is 1. The molecule has 1 N–H and O–H groups in total. The second-order valence-electron chi connectivity index (χ2n) is 6.38. The van der Waals surface area contributed by atoms with Gasteiger partial charge in [0.25, 0.3) is 0 Å². The van der Waals surface area contributed by atoms with E-state index in [4.69, 9.17) is 4.74 Å². The lowest BCUT2D eigenvalue weighted by atomic mass is 10.1. The van der Waals surface area contributed by atoms with Crippen LogP contribution in [0.3, 0.4) is 0 Å². The normalized spacial score (nSPS) is 16.7. The van der Waals surface area contributed by atoms with Gasteiger partial charge in [-0.25, -0.2) is 4.79 Å². The van der Waals surface area contributed by atoms with Crippen LogP contribution in [-0.2, 0) is 4.74 Å². The third kappa shape index (κ3) is 4.72. The van der Waals surface area contributed by atoms with Gasteiger partial charge >= 0.3 is 6.09 Å². The Kier molecular flexibility index (Phi) is 5.00. The van der Waals surface area contributed by atoms with Gasteiger partial charge in [-0.3, -0.25) is 14.9 Å². The van der Waals surface area contributed by atoms with Crippen LogP contribution in [0.5, 0.6) is 0 Å². The topological polar surface area (TPSA) is 66.8 Å². The third-order valence-corrected chi connectivity index (χ3v) is 3.25. The second kappa shape index (κ2) is 6.77. The highest BCUT2D eigenvalue weighted by Gasteiger charge is 2.25. The van der Waals surface area contributed by atoms with Gasteiger partial charge in [-0.15, -0.1) is 0 Å². The van der Waals surface area contributed by atoms with Gasteiger partial charge in [0.2, 0.25) is 0 Å². The van der Waals surface area contributed by atoms with Crippen molar-refractivity contribution in [3.63, 3.8) is 0 Å². The van der Waals surface area contributed by atoms with E-state index in [0.717, 1.165) is 11.4 Å². The van der Waals surface area contributed by atoms with Gasteiger partial charge in [0.05, 0.1) is 13.1 Å². The van der Waals surface area contributed by atoms with E-state index in [0.29, 0.717) is 19.6 Å². The number of aliphatic imine (C=N–C) groups is 1. The molecule has 0 aromatic carbocycles. The average molecular weight is 304 g/mol. The molecule has 1 amide bonds. The Morgan fingerprint density at radius 3 is 2.68 bits per heavy atom. The van der Waals surface area contributed by atoms with Crippen molar-refractivity contribution in [3.05, 3.63) is 30.1 Å². The molecule has 1 atom stereocenters. The molecule has 1 aromatic rings. The van der Waals surface area contributed by atoms with Gasteiger partial charge < -0.3 is 10.1 Å². The van der Waals surface area contributed by atoms with Crippen molar-refractivity contribution in [3.8, 4) is 0 Å². The average Bonchev–Trinajstić information content (AvgIpc) is 2.46. The number of nitrogens with zero attached hydrogens (tertiary/aromatic N) is 3. The molecule has 0 radical (unpaired) electrons.